The molecule has 0 aromatic heterocycles. The summed E-state index contributed by atoms with van der Waals surface area (Å²) in [6.07, 6.45) is 3.27. The van der Waals surface area contributed by atoms with Gasteiger partial charge in [0.15, 0.2) is 24.0 Å². The number of aryl methyl sites for hydroxylation is 3. The number of carbonyl (C=O) groups is 1. The Morgan fingerprint density at radius 2 is 1.95 bits per heavy atom. The van der Waals surface area contributed by atoms with Crippen molar-refractivity contribution in [3.8, 4) is 5.75 Å². The van der Waals surface area contributed by atoms with Gasteiger partial charge in [-0.25, -0.2) is 4.39 Å². The van der Waals surface area contributed by atoms with Crippen LogP contribution in [0.1, 0.15) is 33.5 Å². The van der Waals surface area contributed by atoms with Gasteiger partial charge in [0.25, 0.3) is 0 Å². The molecule has 0 unspecified atom stereocenters. The molecule has 2 aromatic rings. The molecule has 0 radical (unpaired) electrons. The maximum Gasteiger partial charge on any atom is 0.200 e. The van der Waals surface area contributed by atoms with Crippen LogP contribution in [0.4, 0.5) is 4.39 Å². The fourth-order valence-corrected chi connectivity index (χ4v) is 2.69. The van der Waals surface area contributed by atoms with Gasteiger partial charge < -0.3 is 4.74 Å². The zero-order chi connectivity index (χ0) is 14.8. The Bertz CT molecular complexity index is 692. The van der Waals surface area contributed by atoms with Crippen LogP contribution < -0.4 is 4.74 Å². The Labute approximate surface area is 123 Å². The van der Waals surface area contributed by atoms with Crippen LogP contribution in [-0.2, 0) is 12.8 Å². The van der Waals surface area contributed by atoms with Gasteiger partial charge in [-0.2, -0.15) is 0 Å². The second-order valence-corrected chi connectivity index (χ2v) is 5.48. The second kappa shape index (κ2) is 5.68. The van der Waals surface area contributed by atoms with Crippen molar-refractivity contribution < 1.29 is 13.9 Å². The van der Waals surface area contributed by atoms with Crippen LogP contribution in [0.25, 0.3) is 0 Å². The number of hydrogen-bond donors (Lipinski definition) is 0. The molecule has 108 valence electrons. The molecule has 0 aliphatic heterocycles. The minimum atomic E-state index is -0.442. The van der Waals surface area contributed by atoms with Crippen molar-refractivity contribution in [2.24, 2.45) is 0 Å². The first-order chi connectivity index (χ1) is 10.1. The van der Waals surface area contributed by atoms with Gasteiger partial charge >= 0.3 is 0 Å². The number of rotatable bonds is 4. The van der Waals surface area contributed by atoms with Crippen molar-refractivity contribution >= 4 is 5.78 Å². The van der Waals surface area contributed by atoms with E-state index in [-0.39, 0.29) is 18.1 Å². The standard InChI is InChI=1S/C18H17FO2/c1-12-5-8-16(19)18(9-12)21-11-17(20)15-7-6-13-3-2-4-14(13)10-15/h5-10H,2-4,11H2,1H3. The van der Waals surface area contributed by atoms with E-state index in [4.69, 9.17) is 4.74 Å². The van der Waals surface area contributed by atoms with Crippen LogP contribution in [0.15, 0.2) is 36.4 Å². The molecular formula is C18H17FO2. The minimum absolute atomic E-state index is 0.120. The van der Waals surface area contributed by atoms with E-state index in [1.54, 1.807) is 12.1 Å². The molecule has 0 saturated carbocycles. The molecule has 2 aromatic carbocycles. The lowest BCUT2D eigenvalue weighted by atomic mass is 10.0. The highest BCUT2D eigenvalue weighted by molar-refractivity contribution is 5.97. The van der Waals surface area contributed by atoms with Crippen LogP contribution in [0, 0.1) is 12.7 Å². The zero-order valence-electron chi connectivity index (χ0n) is 12.0. The van der Waals surface area contributed by atoms with Gasteiger partial charge in [-0.05, 0) is 61.1 Å². The van der Waals surface area contributed by atoms with E-state index in [9.17, 15) is 9.18 Å². The quantitative estimate of drug-likeness (QED) is 0.796. The third-order valence-electron chi connectivity index (χ3n) is 3.87. The van der Waals surface area contributed by atoms with Gasteiger partial charge in [0, 0.05) is 5.56 Å². The van der Waals surface area contributed by atoms with Gasteiger partial charge in [0.1, 0.15) is 0 Å². The zero-order valence-corrected chi connectivity index (χ0v) is 12.0. The Kier molecular flexibility index (Phi) is 3.74. The number of hydrogen-bond acceptors (Lipinski definition) is 2. The van der Waals surface area contributed by atoms with E-state index in [1.165, 1.54) is 17.2 Å². The van der Waals surface area contributed by atoms with E-state index < -0.39 is 5.82 Å². The lowest BCUT2D eigenvalue weighted by Crippen LogP contribution is -2.12. The van der Waals surface area contributed by atoms with Crippen LogP contribution in [0.2, 0.25) is 0 Å². The average molecular weight is 284 g/mol. The Hall–Kier alpha value is -2.16. The fraction of sp³-hybridized carbons (Fsp3) is 0.278. The summed E-state index contributed by atoms with van der Waals surface area (Å²) in [7, 11) is 0. The summed E-state index contributed by atoms with van der Waals surface area (Å²) in [4.78, 5) is 12.2. The molecule has 1 aliphatic carbocycles. The summed E-state index contributed by atoms with van der Waals surface area (Å²) in [5.41, 5.74) is 4.12. The predicted octanol–water partition coefficient (Wildman–Crippen LogP) is 3.88. The van der Waals surface area contributed by atoms with Crippen molar-refractivity contribution in [2.75, 3.05) is 6.61 Å². The molecule has 1 aliphatic rings. The Morgan fingerprint density at radius 1 is 1.14 bits per heavy atom. The molecule has 0 heterocycles. The molecule has 3 rings (SSSR count). The Morgan fingerprint density at radius 3 is 2.81 bits per heavy atom. The highest BCUT2D eigenvalue weighted by atomic mass is 19.1. The van der Waals surface area contributed by atoms with Crippen molar-refractivity contribution in [3.05, 3.63) is 64.5 Å². The monoisotopic (exact) mass is 284 g/mol. The number of carbonyl (C=O) groups excluding carboxylic acids is 1. The number of ketones is 1. The normalized spacial score (nSPS) is 13.0. The smallest absolute Gasteiger partial charge is 0.200 e. The summed E-state index contributed by atoms with van der Waals surface area (Å²) in [5.74, 6) is -0.433. The molecule has 0 fully saturated rings. The first-order valence-corrected chi connectivity index (χ1v) is 7.17. The van der Waals surface area contributed by atoms with E-state index in [1.807, 2.05) is 25.1 Å². The maximum atomic E-state index is 13.6. The molecule has 2 nitrogen and oxygen atoms in total. The van der Waals surface area contributed by atoms with Crippen LogP contribution in [0.3, 0.4) is 0 Å². The van der Waals surface area contributed by atoms with E-state index >= 15 is 0 Å². The van der Waals surface area contributed by atoms with Gasteiger partial charge in [0.2, 0.25) is 0 Å². The van der Waals surface area contributed by atoms with Gasteiger partial charge in [-0.15, -0.1) is 0 Å². The predicted molar refractivity (Wildman–Crippen MR) is 79.4 cm³/mol. The van der Waals surface area contributed by atoms with Gasteiger partial charge in [-0.1, -0.05) is 18.2 Å². The summed E-state index contributed by atoms with van der Waals surface area (Å²) in [6.45, 7) is 1.72. The fourth-order valence-electron chi connectivity index (χ4n) is 2.69. The summed E-state index contributed by atoms with van der Waals surface area (Å²) in [5, 5.41) is 0. The number of benzene rings is 2. The van der Waals surface area contributed by atoms with Crippen molar-refractivity contribution in [1.29, 1.82) is 0 Å². The second-order valence-electron chi connectivity index (χ2n) is 5.48. The summed E-state index contributed by atoms with van der Waals surface area (Å²) >= 11 is 0. The van der Waals surface area contributed by atoms with E-state index in [0.717, 1.165) is 24.8 Å². The van der Waals surface area contributed by atoms with Crippen LogP contribution >= 0.6 is 0 Å². The van der Waals surface area contributed by atoms with Gasteiger partial charge in [-0.3, -0.25) is 4.79 Å². The lowest BCUT2D eigenvalue weighted by molar-refractivity contribution is 0.0918. The first kappa shape index (κ1) is 13.8. The highest BCUT2D eigenvalue weighted by Crippen LogP contribution is 2.23. The first-order valence-electron chi connectivity index (χ1n) is 7.17. The summed E-state index contributed by atoms with van der Waals surface area (Å²) < 4.78 is 18.9. The Balaban J connectivity index is 1.70. The topological polar surface area (TPSA) is 26.3 Å². The molecule has 0 saturated heterocycles. The molecule has 0 atom stereocenters. The van der Waals surface area contributed by atoms with E-state index in [0.29, 0.717) is 5.56 Å². The van der Waals surface area contributed by atoms with E-state index in [2.05, 4.69) is 0 Å². The van der Waals surface area contributed by atoms with Crippen molar-refractivity contribution in [1.82, 2.24) is 0 Å². The molecule has 0 bridgehead atoms. The molecule has 0 amide bonds. The minimum Gasteiger partial charge on any atom is -0.482 e. The highest BCUT2D eigenvalue weighted by Gasteiger charge is 2.15. The third kappa shape index (κ3) is 2.97. The lowest BCUT2D eigenvalue weighted by Gasteiger charge is -2.08. The largest absolute Gasteiger partial charge is 0.482 e. The molecule has 0 N–H and O–H groups in total. The number of ether oxygens (including phenoxy) is 1. The van der Waals surface area contributed by atoms with Crippen molar-refractivity contribution in [2.45, 2.75) is 26.2 Å². The molecule has 3 heteroatoms. The van der Waals surface area contributed by atoms with Crippen molar-refractivity contribution in [3.63, 3.8) is 0 Å². The van der Waals surface area contributed by atoms with Crippen LogP contribution in [-0.4, -0.2) is 12.4 Å². The van der Waals surface area contributed by atoms with Crippen LogP contribution in [0.5, 0.6) is 5.75 Å². The molecular weight excluding hydrogens is 267 g/mol. The number of halogens is 1. The summed E-state index contributed by atoms with van der Waals surface area (Å²) in [6, 6.07) is 10.4. The maximum absolute atomic E-state index is 13.6. The van der Waals surface area contributed by atoms with Gasteiger partial charge in [0.05, 0.1) is 0 Å². The number of fused-ring (bicyclic) bond motifs is 1. The number of Topliss-reactive ketones (excluding diaryl/α,β-unsaturated/α-hetero) is 1. The average Bonchev–Trinajstić information content (AvgIpc) is 2.95. The third-order valence-corrected chi connectivity index (χ3v) is 3.87. The SMILES string of the molecule is Cc1ccc(F)c(OCC(=O)c2ccc3c(c2)CCC3)c1. The molecule has 0 spiro atoms. The molecule has 21 heavy (non-hydrogen) atoms.